The van der Waals surface area contributed by atoms with E-state index in [1.54, 1.807) is 11.6 Å². The van der Waals surface area contributed by atoms with E-state index in [2.05, 4.69) is 37.0 Å². The van der Waals surface area contributed by atoms with Crippen molar-refractivity contribution in [1.82, 2.24) is 14.5 Å². The lowest BCUT2D eigenvalue weighted by atomic mass is 9.87. The molecule has 2 aromatic heterocycles. The largest absolute Gasteiger partial charge is 0.444 e. The molecule has 4 rings (SSSR count). The molecule has 1 fully saturated rings. The summed E-state index contributed by atoms with van der Waals surface area (Å²) < 4.78 is 7.09. The molecule has 0 unspecified atom stereocenters. The highest BCUT2D eigenvalue weighted by molar-refractivity contribution is 6.31. The second-order valence-corrected chi connectivity index (χ2v) is 11.4. The molecule has 3 aromatic rings. The number of piperidine rings is 1. The quantitative estimate of drug-likeness (QED) is 0.436. The molecule has 0 atom stereocenters. The van der Waals surface area contributed by atoms with Gasteiger partial charge in [0.15, 0.2) is 0 Å². The predicted molar refractivity (Wildman–Crippen MR) is 143 cm³/mol. The van der Waals surface area contributed by atoms with Crippen molar-refractivity contribution in [3.05, 3.63) is 56.5 Å². The van der Waals surface area contributed by atoms with Gasteiger partial charge in [-0.3, -0.25) is 4.79 Å². The minimum Gasteiger partial charge on any atom is -0.444 e. The highest BCUT2D eigenvalue weighted by Crippen LogP contribution is 2.39. The Kier molecular flexibility index (Phi) is 6.80. The number of hydrogen-bond acceptors (Lipinski definition) is 3. The number of H-pyrrole nitrogens is 1. The van der Waals surface area contributed by atoms with Crippen LogP contribution in [-0.2, 0) is 11.8 Å². The molecule has 3 heterocycles. The molecule has 0 radical (unpaired) electrons. The minimum atomic E-state index is -0.480. The number of ether oxygens (including phenoxy) is 1. The Balaban J connectivity index is 1.67. The molecule has 0 bridgehead atoms. The van der Waals surface area contributed by atoms with Crippen LogP contribution in [-0.4, -0.2) is 39.2 Å². The van der Waals surface area contributed by atoms with Crippen LogP contribution in [0.5, 0.6) is 0 Å². The third-order valence-electron chi connectivity index (χ3n) is 6.89. The number of aromatic nitrogens is 2. The number of pyridine rings is 1. The Bertz CT molecular complexity index is 1320. The van der Waals surface area contributed by atoms with E-state index in [-0.39, 0.29) is 22.6 Å². The van der Waals surface area contributed by atoms with Crippen LogP contribution in [0.4, 0.5) is 4.79 Å². The molecule has 35 heavy (non-hydrogen) atoms. The number of hydrogen-bond donors (Lipinski definition) is 1. The Morgan fingerprint density at radius 1 is 1.20 bits per heavy atom. The van der Waals surface area contributed by atoms with E-state index >= 15 is 0 Å². The smallest absolute Gasteiger partial charge is 0.410 e. The third-order valence-corrected chi connectivity index (χ3v) is 7.34. The highest BCUT2D eigenvalue weighted by atomic mass is 35.5. The first-order valence-electron chi connectivity index (χ1n) is 12.4. The second-order valence-electron chi connectivity index (χ2n) is 11.0. The average Bonchev–Trinajstić information content (AvgIpc) is 3.17. The summed E-state index contributed by atoms with van der Waals surface area (Å²) in [6.07, 6.45) is 3.46. The number of nitrogens with one attached hydrogen (secondary N) is 1. The maximum atomic E-state index is 12.5. The Morgan fingerprint density at radius 3 is 2.46 bits per heavy atom. The van der Waals surface area contributed by atoms with E-state index in [4.69, 9.17) is 16.3 Å². The number of amides is 1. The molecule has 1 aromatic carbocycles. The minimum absolute atomic E-state index is 0.185. The van der Waals surface area contributed by atoms with Gasteiger partial charge < -0.3 is 19.2 Å². The van der Waals surface area contributed by atoms with Crippen LogP contribution in [0.2, 0.25) is 5.02 Å². The molecular formula is C28H36ClN3O3. The number of nitrogens with zero attached hydrogens (tertiary/aromatic N) is 2. The molecule has 0 spiro atoms. The van der Waals surface area contributed by atoms with Crippen LogP contribution in [0, 0.1) is 6.92 Å². The number of likely N-dealkylation sites (tertiary alicyclic amines) is 1. The van der Waals surface area contributed by atoms with E-state index < -0.39 is 5.60 Å². The number of fused-ring (bicyclic) bond motifs is 1. The van der Waals surface area contributed by atoms with Crippen molar-refractivity contribution >= 4 is 28.6 Å². The van der Waals surface area contributed by atoms with Crippen LogP contribution >= 0.6 is 11.6 Å². The van der Waals surface area contributed by atoms with E-state index in [1.165, 1.54) is 16.5 Å². The summed E-state index contributed by atoms with van der Waals surface area (Å²) in [5.41, 5.74) is 5.68. The monoisotopic (exact) mass is 497 g/mol. The summed E-state index contributed by atoms with van der Waals surface area (Å²) in [7, 11) is 1.73. The molecule has 1 N–H and O–H groups in total. The molecule has 0 aliphatic carbocycles. The number of carbonyl (C=O) groups excluding carboxylic acids is 1. The van der Waals surface area contributed by atoms with Crippen LogP contribution < -0.4 is 5.56 Å². The summed E-state index contributed by atoms with van der Waals surface area (Å²) in [6, 6.07) is 6.65. The Hall–Kier alpha value is -2.73. The van der Waals surface area contributed by atoms with E-state index in [0.717, 1.165) is 35.2 Å². The number of benzene rings is 1. The van der Waals surface area contributed by atoms with Gasteiger partial charge in [-0.2, -0.15) is 0 Å². The Morgan fingerprint density at radius 2 is 1.86 bits per heavy atom. The topological polar surface area (TPSA) is 67.3 Å². The van der Waals surface area contributed by atoms with Gasteiger partial charge in [0, 0.05) is 42.8 Å². The van der Waals surface area contributed by atoms with Crippen LogP contribution in [0.3, 0.4) is 0 Å². The SMILES string of the molecule is Cc1c(-c2[nH]c3ccc(C4CCN(C(=O)OC(C)(C)C)CC4)cc3c2C(C)C)cn(C)c(=O)c1Cl. The lowest BCUT2D eigenvalue weighted by Crippen LogP contribution is -2.41. The first-order valence-corrected chi connectivity index (χ1v) is 12.7. The maximum Gasteiger partial charge on any atom is 0.410 e. The average molecular weight is 498 g/mol. The summed E-state index contributed by atoms with van der Waals surface area (Å²) in [6.45, 7) is 13.4. The number of aromatic amines is 1. The number of carbonyl (C=O) groups is 1. The first-order chi connectivity index (χ1) is 16.4. The van der Waals surface area contributed by atoms with Crippen molar-refractivity contribution in [2.24, 2.45) is 7.05 Å². The lowest BCUT2D eigenvalue weighted by molar-refractivity contribution is 0.0205. The van der Waals surface area contributed by atoms with Gasteiger partial charge in [0.05, 0.1) is 5.69 Å². The van der Waals surface area contributed by atoms with Gasteiger partial charge in [-0.15, -0.1) is 0 Å². The number of halogens is 1. The highest BCUT2D eigenvalue weighted by Gasteiger charge is 2.28. The predicted octanol–water partition coefficient (Wildman–Crippen LogP) is 6.73. The van der Waals surface area contributed by atoms with Gasteiger partial charge >= 0.3 is 6.09 Å². The van der Waals surface area contributed by atoms with Gasteiger partial charge in [0.2, 0.25) is 0 Å². The van der Waals surface area contributed by atoms with Crippen molar-refractivity contribution < 1.29 is 9.53 Å². The van der Waals surface area contributed by atoms with E-state index in [1.807, 2.05) is 38.8 Å². The molecule has 7 heteroatoms. The fourth-order valence-electron chi connectivity index (χ4n) is 5.05. The number of rotatable bonds is 3. The summed E-state index contributed by atoms with van der Waals surface area (Å²) >= 11 is 6.38. The summed E-state index contributed by atoms with van der Waals surface area (Å²) in [4.78, 5) is 30.2. The molecule has 1 saturated heterocycles. The zero-order valence-corrected chi connectivity index (χ0v) is 22.5. The van der Waals surface area contributed by atoms with Crippen molar-refractivity contribution in [2.45, 2.75) is 71.8 Å². The van der Waals surface area contributed by atoms with Gasteiger partial charge in [-0.1, -0.05) is 31.5 Å². The fourth-order valence-corrected chi connectivity index (χ4v) is 5.29. The van der Waals surface area contributed by atoms with E-state index in [0.29, 0.717) is 19.0 Å². The van der Waals surface area contributed by atoms with Gasteiger partial charge in [0.25, 0.3) is 5.56 Å². The summed E-state index contributed by atoms with van der Waals surface area (Å²) in [5.74, 6) is 0.670. The maximum absolute atomic E-state index is 12.5. The van der Waals surface area contributed by atoms with Crippen molar-refractivity contribution in [3.63, 3.8) is 0 Å². The van der Waals surface area contributed by atoms with Crippen molar-refractivity contribution in [1.29, 1.82) is 0 Å². The zero-order valence-electron chi connectivity index (χ0n) is 21.8. The normalized spacial score (nSPS) is 15.3. The van der Waals surface area contributed by atoms with E-state index in [9.17, 15) is 9.59 Å². The molecular weight excluding hydrogens is 462 g/mol. The van der Waals surface area contributed by atoms with Crippen LogP contribution in [0.15, 0.2) is 29.2 Å². The van der Waals surface area contributed by atoms with Crippen molar-refractivity contribution in [2.75, 3.05) is 13.1 Å². The van der Waals surface area contributed by atoms with Gasteiger partial charge in [-0.25, -0.2) is 4.79 Å². The van der Waals surface area contributed by atoms with Crippen LogP contribution in [0.1, 0.15) is 76.0 Å². The molecule has 188 valence electrons. The molecule has 1 amide bonds. The number of aryl methyl sites for hydroxylation is 1. The fraction of sp³-hybridized carbons (Fsp3) is 0.500. The first kappa shape index (κ1) is 25.4. The molecule has 1 aliphatic heterocycles. The van der Waals surface area contributed by atoms with Gasteiger partial charge in [-0.05, 0) is 81.2 Å². The lowest BCUT2D eigenvalue weighted by Gasteiger charge is -2.33. The molecule has 1 aliphatic rings. The molecule has 6 nitrogen and oxygen atoms in total. The molecule has 0 saturated carbocycles. The standard InChI is InChI=1S/C28H36ClN3O3/c1-16(2)23-20-14-19(18-10-12-32(13-11-18)27(34)35-28(4,5)6)8-9-22(20)30-25(23)21-15-31(7)26(33)24(29)17(21)3/h8-9,14-16,18,30H,10-13H2,1-7H3. The van der Waals surface area contributed by atoms with Gasteiger partial charge in [0.1, 0.15) is 10.6 Å². The second kappa shape index (κ2) is 9.38. The summed E-state index contributed by atoms with van der Waals surface area (Å²) in [5, 5.41) is 1.46. The zero-order chi connectivity index (χ0) is 25.7. The Labute approximate surface area is 212 Å². The van der Waals surface area contributed by atoms with Crippen LogP contribution in [0.25, 0.3) is 22.2 Å². The van der Waals surface area contributed by atoms with Crippen molar-refractivity contribution in [3.8, 4) is 11.3 Å². The third kappa shape index (κ3) is 4.99.